The number of aromatic carboxylic acids is 1. The lowest BCUT2D eigenvalue weighted by molar-refractivity contribution is 0.0701. The Labute approximate surface area is 109 Å². The standard InChI is InChI=1S/C11H15N3O3S/c1-4-6(2)13-11(17)12-5-8-14-7(3)9(18-8)10(15)16/h4,6H,1,5H2,2-3H3,(H,15,16)(H2,12,13,17). The molecule has 18 heavy (non-hydrogen) atoms. The number of amides is 2. The van der Waals surface area contributed by atoms with Crippen molar-refractivity contribution in [2.75, 3.05) is 0 Å². The quantitative estimate of drug-likeness (QED) is 0.707. The van der Waals surface area contributed by atoms with Crippen LogP contribution in [0.2, 0.25) is 0 Å². The Morgan fingerprint density at radius 2 is 2.28 bits per heavy atom. The van der Waals surface area contributed by atoms with Gasteiger partial charge in [0.1, 0.15) is 9.88 Å². The largest absolute Gasteiger partial charge is 0.477 e. The molecule has 0 fully saturated rings. The molecule has 0 spiro atoms. The fourth-order valence-corrected chi connectivity index (χ4v) is 2.04. The monoisotopic (exact) mass is 269 g/mol. The van der Waals surface area contributed by atoms with E-state index in [1.54, 1.807) is 19.9 Å². The number of carbonyl (C=O) groups is 2. The number of carboxylic acids is 1. The second-order valence-corrected chi connectivity index (χ2v) is 4.76. The molecule has 1 aromatic rings. The molecule has 1 rings (SSSR count). The minimum Gasteiger partial charge on any atom is -0.477 e. The van der Waals surface area contributed by atoms with Gasteiger partial charge in [0.05, 0.1) is 12.2 Å². The van der Waals surface area contributed by atoms with Crippen molar-refractivity contribution in [3.8, 4) is 0 Å². The smallest absolute Gasteiger partial charge is 0.347 e. The Bertz CT molecular complexity index is 470. The van der Waals surface area contributed by atoms with Gasteiger partial charge in [0, 0.05) is 6.04 Å². The van der Waals surface area contributed by atoms with E-state index in [1.165, 1.54) is 0 Å². The molecule has 6 nitrogen and oxygen atoms in total. The number of aromatic nitrogens is 1. The first-order chi connectivity index (χ1) is 8.43. The third kappa shape index (κ3) is 3.85. The molecule has 2 amide bonds. The van der Waals surface area contributed by atoms with Crippen molar-refractivity contribution in [2.45, 2.75) is 26.4 Å². The van der Waals surface area contributed by atoms with Gasteiger partial charge in [-0.3, -0.25) is 0 Å². The Balaban J connectivity index is 2.54. The third-order valence-corrected chi connectivity index (χ3v) is 3.29. The summed E-state index contributed by atoms with van der Waals surface area (Å²) in [5.41, 5.74) is 0.462. The van der Waals surface area contributed by atoms with E-state index in [0.29, 0.717) is 10.7 Å². The van der Waals surface area contributed by atoms with Crippen LogP contribution in [0, 0.1) is 6.92 Å². The first-order valence-corrected chi connectivity index (χ1v) is 6.12. The van der Waals surface area contributed by atoms with Crippen molar-refractivity contribution in [1.29, 1.82) is 0 Å². The van der Waals surface area contributed by atoms with Gasteiger partial charge in [-0.25, -0.2) is 14.6 Å². The summed E-state index contributed by atoms with van der Waals surface area (Å²) in [4.78, 5) is 26.5. The van der Waals surface area contributed by atoms with Gasteiger partial charge >= 0.3 is 12.0 Å². The number of rotatable bonds is 5. The summed E-state index contributed by atoms with van der Waals surface area (Å²) >= 11 is 1.06. The first kappa shape index (κ1) is 14.2. The van der Waals surface area contributed by atoms with Crippen molar-refractivity contribution in [2.24, 2.45) is 0 Å². The lowest BCUT2D eigenvalue weighted by Crippen LogP contribution is -2.39. The minimum absolute atomic E-state index is 0.127. The Hall–Kier alpha value is -1.89. The number of hydrogen-bond acceptors (Lipinski definition) is 4. The maximum atomic E-state index is 11.4. The van der Waals surface area contributed by atoms with Crippen LogP contribution in [0.3, 0.4) is 0 Å². The van der Waals surface area contributed by atoms with Crippen molar-refractivity contribution in [3.05, 3.63) is 28.2 Å². The molecule has 0 aliphatic rings. The lowest BCUT2D eigenvalue weighted by Gasteiger charge is -2.09. The molecule has 0 saturated heterocycles. The summed E-state index contributed by atoms with van der Waals surface area (Å²) in [7, 11) is 0. The predicted molar refractivity (Wildman–Crippen MR) is 68.8 cm³/mol. The number of thiazole rings is 1. The summed E-state index contributed by atoms with van der Waals surface area (Å²) in [5, 5.41) is 14.7. The number of nitrogens with zero attached hydrogens (tertiary/aromatic N) is 1. The van der Waals surface area contributed by atoms with Gasteiger partial charge in [-0.05, 0) is 13.8 Å². The van der Waals surface area contributed by atoms with Crippen LogP contribution in [0.15, 0.2) is 12.7 Å². The van der Waals surface area contributed by atoms with E-state index in [-0.39, 0.29) is 23.5 Å². The molecule has 3 N–H and O–H groups in total. The summed E-state index contributed by atoms with van der Waals surface area (Å²) in [6.07, 6.45) is 1.61. The highest BCUT2D eigenvalue weighted by Crippen LogP contribution is 2.17. The van der Waals surface area contributed by atoms with Crippen LogP contribution in [0.4, 0.5) is 4.79 Å². The molecule has 98 valence electrons. The van der Waals surface area contributed by atoms with Crippen molar-refractivity contribution < 1.29 is 14.7 Å². The Morgan fingerprint density at radius 1 is 1.61 bits per heavy atom. The lowest BCUT2D eigenvalue weighted by atomic mass is 10.3. The highest BCUT2D eigenvalue weighted by molar-refractivity contribution is 7.13. The summed E-state index contributed by atoms with van der Waals surface area (Å²) in [6, 6.07) is -0.468. The van der Waals surface area contributed by atoms with Gasteiger partial charge in [0.15, 0.2) is 0 Å². The van der Waals surface area contributed by atoms with Crippen LogP contribution >= 0.6 is 11.3 Å². The maximum Gasteiger partial charge on any atom is 0.347 e. The molecule has 0 saturated carbocycles. The van der Waals surface area contributed by atoms with Crippen LogP contribution in [0.25, 0.3) is 0 Å². The topological polar surface area (TPSA) is 91.3 Å². The van der Waals surface area contributed by atoms with Crippen molar-refractivity contribution in [1.82, 2.24) is 15.6 Å². The van der Waals surface area contributed by atoms with Crippen molar-refractivity contribution >= 4 is 23.3 Å². The normalized spacial score (nSPS) is 11.7. The molecule has 1 unspecified atom stereocenters. The number of hydrogen-bond donors (Lipinski definition) is 3. The molecular weight excluding hydrogens is 254 g/mol. The molecular formula is C11H15N3O3S. The van der Waals surface area contributed by atoms with E-state index in [9.17, 15) is 9.59 Å². The second-order valence-electron chi connectivity index (χ2n) is 3.68. The average molecular weight is 269 g/mol. The number of carboxylic acid groups (broad SMARTS) is 1. The minimum atomic E-state index is -0.999. The van der Waals surface area contributed by atoms with Crippen LogP contribution in [-0.4, -0.2) is 28.1 Å². The fourth-order valence-electron chi connectivity index (χ4n) is 1.20. The van der Waals surface area contributed by atoms with Gasteiger partial charge in [-0.15, -0.1) is 17.9 Å². The van der Waals surface area contributed by atoms with Gasteiger partial charge in [-0.2, -0.15) is 0 Å². The molecule has 0 aromatic carbocycles. The van der Waals surface area contributed by atoms with Gasteiger partial charge in [-0.1, -0.05) is 6.08 Å². The molecule has 0 aliphatic carbocycles. The SMILES string of the molecule is C=CC(C)NC(=O)NCc1nc(C)c(C(=O)O)s1. The molecule has 7 heteroatoms. The zero-order chi connectivity index (χ0) is 13.7. The maximum absolute atomic E-state index is 11.4. The number of aryl methyl sites for hydroxylation is 1. The molecule has 0 radical (unpaired) electrons. The van der Waals surface area contributed by atoms with E-state index < -0.39 is 5.97 Å². The number of nitrogens with one attached hydrogen (secondary N) is 2. The van der Waals surface area contributed by atoms with E-state index in [2.05, 4.69) is 22.2 Å². The highest BCUT2D eigenvalue weighted by Gasteiger charge is 2.14. The molecule has 1 atom stereocenters. The van der Waals surface area contributed by atoms with Crippen LogP contribution in [0.1, 0.15) is 27.3 Å². The van der Waals surface area contributed by atoms with Gasteiger partial charge in [0.2, 0.25) is 0 Å². The summed E-state index contributed by atoms with van der Waals surface area (Å²) in [5.74, 6) is -0.999. The van der Waals surface area contributed by atoms with E-state index in [4.69, 9.17) is 5.11 Å². The first-order valence-electron chi connectivity index (χ1n) is 5.30. The zero-order valence-electron chi connectivity index (χ0n) is 10.2. The van der Waals surface area contributed by atoms with Crippen molar-refractivity contribution in [3.63, 3.8) is 0 Å². The summed E-state index contributed by atoms with van der Waals surface area (Å²) in [6.45, 7) is 7.17. The van der Waals surface area contributed by atoms with Gasteiger partial charge in [0.25, 0.3) is 0 Å². The van der Waals surface area contributed by atoms with E-state index in [0.717, 1.165) is 11.3 Å². The molecule has 0 aliphatic heterocycles. The predicted octanol–water partition coefficient (Wildman–Crippen LogP) is 1.52. The number of carbonyl (C=O) groups excluding carboxylic acids is 1. The van der Waals surface area contributed by atoms with Gasteiger partial charge < -0.3 is 15.7 Å². The third-order valence-electron chi connectivity index (χ3n) is 2.15. The Morgan fingerprint density at radius 3 is 2.78 bits per heavy atom. The summed E-state index contributed by atoms with van der Waals surface area (Å²) < 4.78 is 0. The molecule has 1 aromatic heterocycles. The van der Waals surface area contributed by atoms with E-state index in [1.807, 2.05) is 0 Å². The second kappa shape index (κ2) is 6.15. The number of urea groups is 1. The Kier molecular flexibility index (Phi) is 4.85. The van der Waals surface area contributed by atoms with Crippen LogP contribution in [-0.2, 0) is 6.54 Å². The zero-order valence-corrected chi connectivity index (χ0v) is 11.0. The molecule has 1 heterocycles. The van der Waals surface area contributed by atoms with E-state index >= 15 is 0 Å². The molecule has 0 bridgehead atoms. The van der Waals surface area contributed by atoms with Crippen LogP contribution in [0.5, 0.6) is 0 Å². The average Bonchev–Trinajstić information content (AvgIpc) is 2.68. The van der Waals surface area contributed by atoms with Crippen LogP contribution < -0.4 is 10.6 Å². The highest BCUT2D eigenvalue weighted by atomic mass is 32.1. The fraction of sp³-hybridized carbons (Fsp3) is 0.364.